The molecule has 0 saturated carbocycles. The molecule has 1 aliphatic rings. The number of hydrogen-bond donors (Lipinski definition) is 1. The van der Waals surface area contributed by atoms with Gasteiger partial charge in [-0.3, -0.25) is 4.79 Å². The molecule has 1 aromatic carbocycles. The normalized spacial score (nSPS) is 15.2. The largest absolute Gasteiger partial charge is 0.497 e. The van der Waals surface area contributed by atoms with Crippen LogP contribution in [0.25, 0.3) is 0 Å². The highest BCUT2D eigenvalue weighted by Crippen LogP contribution is 2.26. The van der Waals surface area contributed by atoms with Crippen LogP contribution in [0.15, 0.2) is 18.2 Å². The van der Waals surface area contributed by atoms with Gasteiger partial charge in [0.25, 0.3) is 5.91 Å². The Balaban J connectivity index is 2.40. The van der Waals surface area contributed by atoms with Gasteiger partial charge in [-0.1, -0.05) is 0 Å². The number of rotatable bonds is 2. The van der Waals surface area contributed by atoms with E-state index in [0.29, 0.717) is 11.4 Å². The molecule has 1 N–H and O–H groups in total. The van der Waals surface area contributed by atoms with Crippen LogP contribution >= 0.6 is 0 Å². The molecule has 1 fully saturated rings. The Morgan fingerprint density at radius 2 is 2.12 bits per heavy atom. The van der Waals surface area contributed by atoms with E-state index in [9.17, 15) is 9.59 Å². The van der Waals surface area contributed by atoms with Crippen LogP contribution in [-0.4, -0.2) is 25.6 Å². The minimum Gasteiger partial charge on any atom is -0.497 e. The highest BCUT2D eigenvalue weighted by Gasteiger charge is 2.30. The van der Waals surface area contributed by atoms with E-state index in [0.717, 1.165) is 10.5 Å². The monoisotopic (exact) mass is 220 g/mol. The standard InChI is InChI=1S/C11H12N2O3/c1-7-5-8(16-2)3-4-9(7)13-10(14)6-12-11(13)15/h3-5H,6H2,1-2H3,(H,12,15). The number of imide groups is 1. The fraction of sp³-hybridized carbons (Fsp3) is 0.273. The topological polar surface area (TPSA) is 58.6 Å². The zero-order valence-electron chi connectivity index (χ0n) is 9.11. The maximum atomic E-state index is 11.5. The number of hydrogen-bond acceptors (Lipinski definition) is 3. The van der Waals surface area contributed by atoms with Gasteiger partial charge in [0.05, 0.1) is 19.3 Å². The molecule has 5 nitrogen and oxygen atoms in total. The second kappa shape index (κ2) is 3.84. The number of carbonyl (C=O) groups is 2. The van der Waals surface area contributed by atoms with Gasteiger partial charge in [0.1, 0.15) is 5.75 Å². The minimum atomic E-state index is -0.377. The Kier molecular flexibility index (Phi) is 2.52. The molecular formula is C11H12N2O3. The number of nitrogens with one attached hydrogen (secondary N) is 1. The smallest absolute Gasteiger partial charge is 0.329 e. The van der Waals surface area contributed by atoms with Gasteiger partial charge in [0, 0.05) is 0 Å². The Bertz CT molecular complexity index is 441. The summed E-state index contributed by atoms with van der Waals surface area (Å²) in [5.41, 5.74) is 1.42. The SMILES string of the molecule is COc1ccc(N2C(=O)CNC2=O)c(C)c1. The third-order valence-corrected chi connectivity index (χ3v) is 2.49. The molecule has 1 heterocycles. The molecule has 84 valence electrons. The summed E-state index contributed by atoms with van der Waals surface area (Å²) in [5.74, 6) is 0.464. The summed E-state index contributed by atoms with van der Waals surface area (Å²) in [4.78, 5) is 24.1. The van der Waals surface area contributed by atoms with E-state index in [-0.39, 0.29) is 18.5 Å². The molecule has 3 amide bonds. The fourth-order valence-corrected chi connectivity index (χ4v) is 1.67. The molecule has 5 heteroatoms. The first kappa shape index (κ1) is 10.5. The average Bonchev–Trinajstić information content (AvgIpc) is 2.59. The zero-order valence-corrected chi connectivity index (χ0v) is 9.11. The molecule has 0 bridgehead atoms. The number of urea groups is 1. The van der Waals surface area contributed by atoms with Crippen molar-refractivity contribution < 1.29 is 14.3 Å². The summed E-state index contributed by atoms with van der Waals surface area (Å²) in [5, 5.41) is 2.48. The number of ether oxygens (including phenoxy) is 1. The van der Waals surface area contributed by atoms with Gasteiger partial charge < -0.3 is 10.1 Å². The lowest BCUT2D eigenvalue weighted by atomic mass is 10.1. The molecule has 1 aliphatic heterocycles. The third kappa shape index (κ3) is 1.60. The molecule has 0 spiro atoms. The molecule has 1 saturated heterocycles. The highest BCUT2D eigenvalue weighted by molar-refractivity contribution is 6.20. The number of amides is 3. The van der Waals surface area contributed by atoms with Gasteiger partial charge >= 0.3 is 6.03 Å². The zero-order chi connectivity index (χ0) is 11.7. The van der Waals surface area contributed by atoms with Crippen molar-refractivity contribution in [2.45, 2.75) is 6.92 Å². The lowest BCUT2D eigenvalue weighted by Gasteiger charge is -2.15. The van der Waals surface area contributed by atoms with Crippen LogP contribution in [0, 0.1) is 6.92 Å². The Labute approximate surface area is 93.0 Å². The number of carbonyl (C=O) groups excluding carboxylic acids is 2. The molecule has 0 aliphatic carbocycles. The predicted octanol–water partition coefficient (Wildman–Crippen LogP) is 1.06. The van der Waals surface area contributed by atoms with Crippen LogP contribution < -0.4 is 15.0 Å². The third-order valence-electron chi connectivity index (χ3n) is 2.49. The van der Waals surface area contributed by atoms with Crippen LogP contribution in [-0.2, 0) is 4.79 Å². The lowest BCUT2D eigenvalue weighted by molar-refractivity contribution is -0.115. The molecule has 0 radical (unpaired) electrons. The highest BCUT2D eigenvalue weighted by atomic mass is 16.5. The number of methoxy groups -OCH3 is 1. The van der Waals surface area contributed by atoms with Crippen molar-refractivity contribution in [3.8, 4) is 5.75 Å². The van der Waals surface area contributed by atoms with Crippen molar-refractivity contribution in [1.82, 2.24) is 5.32 Å². The van der Waals surface area contributed by atoms with Crippen LogP contribution in [0.4, 0.5) is 10.5 Å². The second-order valence-electron chi connectivity index (χ2n) is 3.54. The van der Waals surface area contributed by atoms with Gasteiger partial charge in [-0.15, -0.1) is 0 Å². The number of aryl methyl sites for hydroxylation is 1. The summed E-state index contributed by atoms with van der Waals surface area (Å²) in [6.07, 6.45) is 0. The van der Waals surface area contributed by atoms with E-state index in [2.05, 4.69) is 5.32 Å². The molecule has 2 rings (SSSR count). The van der Waals surface area contributed by atoms with Gasteiger partial charge in [-0.05, 0) is 30.7 Å². The molecule has 16 heavy (non-hydrogen) atoms. The average molecular weight is 220 g/mol. The maximum absolute atomic E-state index is 11.5. The van der Waals surface area contributed by atoms with E-state index < -0.39 is 0 Å². The van der Waals surface area contributed by atoms with Crippen LogP contribution in [0.2, 0.25) is 0 Å². The van der Waals surface area contributed by atoms with E-state index in [1.54, 1.807) is 25.3 Å². The molecule has 0 aromatic heterocycles. The number of nitrogens with zero attached hydrogens (tertiary/aromatic N) is 1. The van der Waals surface area contributed by atoms with E-state index >= 15 is 0 Å². The lowest BCUT2D eigenvalue weighted by Crippen LogP contribution is -2.31. The first-order chi connectivity index (χ1) is 7.63. The molecule has 0 atom stereocenters. The van der Waals surface area contributed by atoms with E-state index in [1.807, 2.05) is 6.92 Å². The van der Waals surface area contributed by atoms with Crippen LogP contribution in [0.3, 0.4) is 0 Å². The minimum absolute atomic E-state index is 0.0598. The van der Waals surface area contributed by atoms with E-state index in [4.69, 9.17) is 4.74 Å². The van der Waals surface area contributed by atoms with E-state index in [1.165, 1.54) is 0 Å². The van der Waals surface area contributed by atoms with Gasteiger partial charge in [0.15, 0.2) is 0 Å². The van der Waals surface area contributed by atoms with Crippen molar-refractivity contribution in [3.63, 3.8) is 0 Å². The van der Waals surface area contributed by atoms with Gasteiger partial charge in [-0.25, -0.2) is 9.69 Å². The van der Waals surface area contributed by atoms with Crippen molar-refractivity contribution >= 4 is 17.6 Å². The van der Waals surface area contributed by atoms with Gasteiger partial charge in [-0.2, -0.15) is 0 Å². The molecule has 1 aromatic rings. The summed E-state index contributed by atoms with van der Waals surface area (Å²) in [7, 11) is 1.57. The Hall–Kier alpha value is -2.04. The first-order valence-corrected chi connectivity index (χ1v) is 4.89. The van der Waals surface area contributed by atoms with Crippen molar-refractivity contribution in [2.24, 2.45) is 0 Å². The summed E-state index contributed by atoms with van der Waals surface area (Å²) >= 11 is 0. The van der Waals surface area contributed by atoms with Crippen molar-refractivity contribution in [1.29, 1.82) is 0 Å². The second-order valence-corrected chi connectivity index (χ2v) is 3.54. The Morgan fingerprint density at radius 1 is 1.38 bits per heavy atom. The number of benzene rings is 1. The quantitative estimate of drug-likeness (QED) is 0.758. The fourth-order valence-electron chi connectivity index (χ4n) is 1.67. The summed E-state index contributed by atoms with van der Waals surface area (Å²) in [6.45, 7) is 1.89. The summed E-state index contributed by atoms with van der Waals surface area (Å²) < 4.78 is 5.06. The predicted molar refractivity (Wildman–Crippen MR) is 58.6 cm³/mol. The Morgan fingerprint density at radius 3 is 2.62 bits per heavy atom. The maximum Gasteiger partial charge on any atom is 0.329 e. The van der Waals surface area contributed by atoms with Crippen LogP contribution in [0.1, 0.15) is 5.56 Å². The van der Waals surface area contributed by atoms with Gasteiger partial charge in [0.2, 0.25) is 0 Å². The van der Waals surface area contributed by atoms with Crippen molar-refractivity contribution in [3.05, 3.63) is 23.8 Å². The van der Waals surface area contributed by atoms with Crippen LogP contribution in [0.5, 0.6) is 5.75 Å². The van der Waals surface area contributed by atoms with Crippen molar-refractivity contribution in [2.75, 3.05) is 18.6 Å². The summed E-state index contributed by atoms with van der Waals surface area (Å²) in [6, 6.07) is 4.84. The molecular weight excluding hydrogens is 208 g/mol. The molecule has 0 unspecified atom stereocenters. The number of anilines is 1. The first-order valence-electron chi connectivity index (χ1n) is 4.89.